The highest BCUT2D eigenvalue weighted by atomic mass is 16.6. The van der Waals surface area contributed by atoms with Crippen molar-refractivity contribution >= 4 is 28.9 Å². The van der Waals surface area contributed by atoms with Gasteiger partial charge in [0.15, 0.2) is 6.10 Å². The van der Waals surface area contributed by atoms with E-state index in [0.29, 0.717) is 5.58 Å². The van der Waals surface area contributed by atoms with Gasteiger partial charge in [-0.3, -0.25) is 10.1 Å². The number of fused-ring (bicyclic) bond motifs is 1. The molecule has 3 amide bonds. The average Bonchev–Trinajstić information content (AvgIpc) is 3.06. The summed E-state index contributed by atoms with van der Waals surface area (Å²) in [5.41, 5.74) is 0.559. The van der Waals surface area contributed by atoms with Crippen LogP contribution in [0.3, 0.4) is 0 Å². The number of ether oxygens (including phenoxy) is 1. The number of hydrogen-bond acceptors (Lipinski definition) is 5. The Labute approximate surface area is 151 Å². The van der Waals surface area contributed by atoms with Gasteiger partial charge >= 0.3 is 12.0 Å². The van der Waals surface area contributed by atoms with Crippen molar-refractivity contribution in [3.8, 4) is 0 Å². The predicted octanol–water partition coefficient (Wildman–Crippen LogP) is 3.14. The standard InChI is InChI=1S/C19H22N2O5/c1-12(17(22)21-19(24)20-14-8-3-2-4-9-14)25-18(23)16-11-13-7-5-6-10-15(13)26-16/h5-7,10-12,14H,2-4,8-9H2,1H3,(H2,20,21,22,24)/t12-/m0/s1. The third-order valence-electron chi connectivity index (χ3n) is 4.46. The maximum Gasteiger partial charge on any atom is 0.375 e. The van der Waals surface area contributed by atoms with Crippen molar-refractivity contribution in [2.75, 3.05) is 0 Å². The van der Waals surface area contributed by atoms with Crippen molar-refractivity contribution in [1.29, 1.82) is 0 Å². The summed E-state index contributed by atoms with van der Waals surface area (Å²) in [4.78, 5) is 36.1. The van der Waals surface area contributed by atoms with Crippen LogP contribution in [0.25, 0.3) is 11.0 Å². The van der Waals surface area contributed by atoms with Crippen LogP contribution in [-0.4, -0.2) is 30.1 Å². The highest BCUT2D eigenvalue weighted by Crippen LogP contribution is 2.20. The van der Waals surface area contributed by atoms with Gasteiger partial charge < -0.3 is 14.5 Å². The smallest absolute Gasteiger partial charge is 0.375 e. The molecule has 0 radical (unpaired) electrons. The van der Waals surface area contributed by atoms with Crippen molar-refractivity contribution in [3.63, 3.8) is 0 Å². The lowest BCUT2D eigenvalue weighted by Gasteiger charge is -2.23. The number of carbonyl (C=O) groups is 3. The van der Waals surface area contributed by atoms with E-state index in [0.717, 1.165) is 31.1 Å². The van der Waals surface area contributed by atoms with E-state index in [1.807, 2.05) is 6.07 Å². The predicted molar refractivity (Wildman–Crippen MR) is 94.6 cm³/mol. The van der Waals surface area contributed by atoms with Gasteiger partial charge in [-0.05, 0) is 31.9 Å². The van der Waals surface area contributed by atoms with Gasteiger partial charge in [0.2, 0.25) is 5.76 Å². The quantitative estimate of drug-likeness (QED) is 0.818. The number of imide groups is 1. The molecule has 26 heavy (non-hydrogen) atoms. The van der Waals surface area contributed by atoms with Crippen LogP contribution < -0.4 is 10.6 Å². The van der Waals surface area contributed by atoms with Gasteiger partial charge in [-0.2, -0.15) is 0 Å². The number of hydrogen-bond donors (Lipinski definition) is 2. The summed E-state index contributed by atoms with van der Waals surface area (Å²) < 4.78 is 10.5. The van der Waals surface area contributed by atoms with Crippen molar-refractivity contribution < 1.29 is 23.5 Å². The van der Waals surface area contributed by atoms with Gasteiger partial charge in [-0.15, -0.1) is 0 Å². The van der Waals surface area contributed by atoms with Crippen LogP contribution in [0.4, 0.5) is 4.79 Å². The van der Waals surface area contributed by atoms with Crippen molar-refractivity contribution in [2.24, 2.45) is 0 Å². The molecule has 7 nitrogen and oxygen atoms in total. The van der Waals surface area contributed by atoms with Crippen LogP contribution in [0.2, 0.25) is 0 Å². The molecule has 1 aromatic heterocycles. The SMILES string of the molecule is C[C@H](OC(=O)c1cc2ccccc2o1)C(=O)NC(=O)NC1CCCCC1. The van der Waals surface area contributed by atoms with Crippen molar-refractivity contribution in [3.05, 3.63) is 36.1 Å². The molecule has 3 rings (SSSR count). The fraction of sp³-hybridized carbons (Fsp3) is 0.421. The molecule has 0 spiro atoms. The lowest BCUT2D eigenvalue weighted by atomic mass is 9.96. The Hall–Kier alpha value is -2.83. The number of carbonyl (C=O) groups excluding carboxylic acids is 3. The summed E-state index contributed by atoms with van der Waals surface area (Å²) in [6.07, 6.45) is 4.03. The lowest BCUT2D eigenvalue weighted by molar-refractivity contribution is -0.128. The molecule has 2 N–H and O–H groups in total. The third-order valence-corrected chi connectivity index (χ3v) is 4.46. The number of urea groups is 1. The molecule has 1 atom stereocenters. The van der Waals surface area contributed by atoms with E-state index in [2.05, 4.69) is 10.6 Å². The first-order chi connectivity index (χ1) is 12.5. The number of amides is 3. The molecule has 138 valence electrons. The number of benzene rings is 1. The molecule has 1 aliphatic rings. The van der Waals surface area contributed by atoms with E-state index >= 15 is 0 Å². The molecule has 1 aromatic carbocycles. The van der Waals surface area contributed by atoms with Crippen LogP contribution >= 0.6 is 0 Å². The monoisotopic (exact) mass is 358 g/mol. The number of rotatable bonds is 4. The van der Waals surface area contributed by atoms with Crippen molar-refractivity contribution in [2.45, 2.75) is 51.2 Å². The number of para-hydroxylation sites is 1. The van der Waals surface area contributed by atoms with Crippen LogP contribution in [0.15, 0.2) is 34.7 Å². The molecule has 1 heterocycles. The van der Waals surface area contributed by atoms with Gasteiger partial charge in [-0.25, -0.2) is 9.59 Å². The topological polar surface area (TPSA) is 97.6 Å². The van der Waals surface area contributed by atoms with Gasteiger partial charge in [0.05, 0.1) is 0 Å². The first-order valence-electron chi connectivity index (χ1n) is 8.84. The first kappa shape index (κ1) is 18.0. The maximum absolute atomic E-state index is 12.1. The van der Waals surface area contributed by atoms with E-state index in [1.165, 1.54) is 13.3 Å². The molecule has 2 aromatic rings. The molecule has 0 unspecified atom stereocenters. The second-order valence-electron chi connectivity index (χ2n) is 6.49. The molecule has 1 fully saturated rings. The molecular weight excluding hydrogens is 336 g/mol. The maximum atomic E-state index is 12.1. The lowest BCUT2D eigenvalue weighted by Crippen LogP contribution is -2.48. The number of furan rings is 1. The van der Waals surface area contributed by atoms with Gasteiger partial charge in [-0.1, -0.05) is 37.5 Å². The largest absolute Gasteiger partial charge is 0.449 e. The minimum absolute atomic E-state index is 0.0116. The van der Waals surface area contributed by atoms with Crippen LogP contribution in [0.1, 0.15) is 49.6 Å². The Kier molecular flexibility index (Phi) is 5.55. The fourth-order valence-corrected chi connectivity index (χ4v) is 3.04. The summed E-state index contributed by atoms with van der Waals surface area (Å²) in [6, 6.07) is 8.24. The van der Waals surface area contributed by atoms with Gasteiger partial charge in [0, 0.05) is 11.4 Å². The zero-order valence-electron chi connectivity index (χ0n) is 14.6. The van der Waals surface area contributed by atoms with Crippen molar-refractivity contribution in [1.82, 2.24) is 10.6 Å². The second kappa shape index (κ2) is 8.03. The normalized spacial score (nSPS) is 16.0. The number of esters is 1. The third kappa shape index (κ3) is 4.41. The molecule has 0 bridgehead atoms. The van der Waals surface area contributed by atoms with Crippen LogP contribution in [0, 0.1) is 0 Å². The fourth-order valence-electron chi connectivity index (χ4n) is 3.04. The summed E-state index contributed by atoms with van der Waals surface area (Å²) in [5, 5.41) is 5.76. The summed E-state index contributed by atoms with van der Waals surface area (Å²) in [7, 11) is 0. The van der Waals surface area contributed by atoms with E-state index < -0.39 is 24.0 Å². The van der Waals surface area contributed by atoms with E-state index in [4.69, 9.17) is 9.15 Å². The van der Waals surface area contributed by atoms with Crippen LogP contribution in [0.5, 0.6) is 0 Å². The molecule has 0 aliphatic heterocycles. The molecule has 1 saturated carbocycles. The zero-order chi connectivity index (χ0) is 18.5. The minimum atomic E-state index is -1.12. The summed E-state index contributed by atoms with van der Waals surface area (Å²) >= 11 is 0. The van der Waals surface area contributed by atoms with Gasteiger partial charge in [0.1, 0.15) is 5.58 Å². The molecule has 0 saturated heterocycles. The first-order valence-corrected chi connectivity index (χ1v) is 8.84. The Morgan fingerprint density at radius 1 is 1.15 bits per heavy atom. The van der Waals surface area contributed by atoms with E-state index in [9.17, 15) is 14.4 Å². The minimum Gasteiger partial charge on any atom is -0.449 e. The second-order valence-corrected chi connectivity index (χ2v) is 6.49. The Balaban J connectivity index is 1.51. The molecule has 1 aliphatic carbocycles. The number of nitrogens with one attached hydrogen (secondary N) is 2. The van der Waals surface area contributed by atoms with E-state index in [-0.39, 0.29) is 11.8 Å². The highest BCUT2D eigenvalue weighted by molar-refractivity contribution is 5.99. The Morgan fingerprint density at radius 3 is 2.62 bits per heavy atom. The average molecular weight is 358 g/mol. The molecule has 7 heteroatoms. The summed E-state index contributed by atoms with van der Waals surface area (Å²) in [6.45, 7) is 1.41. The van der Waals surface area contributed by atoms with E-state index in [1.54, 1.807) is 24.3 Å². The Morgan fingerprint density at radius 2 is 1.88 bits per heavy atom. The highest BCUT2D eigenvalue weighted by Gasteiger charge is 2.24. The Bertz CT molecular complexity index is 774. The summed E-state index contributed by atoms with van der Waals surface area (Å²) in [5.74, 6) is -1.42. The van der Waals surface area contributed by atoms with Gasteiger partial charge in [0.25, 0.3) is 5.91 Å². The van der Waals surface area contributed by atoms with Crippen LogP contribution in [-0.2, 0) is 9.53 Å². The molecular formula is C19H22N2O5. The zero-order valence-corrected chi connectivity index (χ0v) is 14.6.